The number of sulfonamides is 1. The third kappa shape index (κ3) is 6.00. The van der Waals surface area contributed by atoms with Gasteiger partial charge in [0.1, 0.15) is 5.69 Å². The Labute approximate surface area is 222 Å². The molecule has 2 heterocycles. The Bertz CT molecular complexity index is 1380. The maximum Gasteiger partial charge on any atom is 0.316 e. The molecule has 0 bridgehead atoms. The molecule has 5 rings (SSSR count). The average Bonchev–Trinajstić information content (AvgIpc) is 3.43. The molecule has 0 radical (unpaired) electrons. The summed E-state index contributed by atoms with van der Waals surface area (Å²) in [4.78, 5) is 15.6. The Morgan fingerprint density at radius 1 is 1.00 bits per heavy atom. The number of rotatable bonds is 8. The van der Waals surface area contributed by atoms with Gasteiger partial charge in [0.15, 0.2) is 0 Å². The van der Waals surface area contributed by atoms with Crippen molar-refractivity contribution in [2.24, 2.45) is 0 Å². The van der Waals surface area contributed by atoms with Crippen LogP contribution in [-0.2, 0) is 16.6 Å². The molecular weight excluding hydrogens is 512 g/mol. The highest BCUT2D eigenvalue weighted by Gasteiger charge is 2.32. The van der Waals surface area contributed by atoms with Gasteiger partial charge < -0.3 is 9.64 Å². The van der Waals surface area contributed by atoms with Gasteiger partial charge in [-0.15, -0.1) is 0 Å². The van der Waals surface area contributed by atoms with Crippen LogP contribution in [0.5, 0.6) is 5.75 Å². The SMILES string of the molecule is O=c1c(OC2CCCC2)c(N2CCC(S(=O)(=O)NCc3ccccc3)CC2)cnn1-c1cccc(Cl)c1. The Morgan fingerprint density at radius 2 is 1.73 bits per heavy atom. The molecule has 0 amide bonds. The van der Waals surface area contributed by atoms with Crippen LogP contribution in [0.4, 0.5) is 5.69 Å². The van der Waals surface area contributed by atoms with Crippen LogP contribution in [0.15, 0.2) is 65.6 Å². The minimum atomic E-state index is -3.47. The van der Waals surface area contributed by atoms with E-state index in [4.69, 9.17) is 16.3 Å². The number of nitrogens with zero attached hydrogens (tertiary/aromatic N) is 3. The summed E-state index contributed by atoms with van der Waals surface area (Å²) in [5.41, 5.74) is 1.76. The number of nitrogens with one attached hydrogen (secondary N) is 1. The highest BCUT2D eigenvalue weighted by Crippen LogP contribution is 2.32. The number of ether oxygens (including phenoxy) is 1. The maximum atomic E-state index is 13.6. The Hall–Kier alpha value is -2.88. The van der Waals surface area contributed by atoms with Crippen molar-refractivity contribution in [3.8, 4) is 11.4 Å². The zero-order chi connectivity index (χ0) is 25.8. The largest absolute Gasteiger partial charge is 0.483 e. The summed E-state index contributed by atoms with van der Waals surface area (Å²) >= 11 is 6.15. The predicted molar refractivity (Wildman–Crippen MR) is 145 cm³/mol. The van der Waals surface area contributed by atoms with Gasteiger partial charge in [-0.25, -0.2) is 13.1 Å². The molecular formula is C27H31ClN4O4S. The minimum absolute atomic E-state index is 0.0123. The van der Waals surface area contributed by atoms with E-state index in [0.717, 1.165) is 31.2 Å². The van der Waals surface area contributed by atoms with Gasteiger partial charge in [0.05, 0.1) is 23.2 Å². The van der Waals surface area contributed by atoms with Crippen LogP contribution in [0, 0.1) is 0 Å². The van der Waals surface area contributed by atoms with Gasteiger partial charge in [-0.1, -0.05) is 48.0 Å². The number of halogens is 1. The molecule has 1 saturated carbocycles. The second-order valence-electron chi connectivity index (χ2n) is 9.62. The average molecular weight is 543 g/mol. The molecule has 1 aliphatic carbocycles. The van der Waals surface area contributed by atoms with E-state index in [1.165, 1.54) is 4.68 Å². The smallest absolute Gasteiger partial charge is 0.316 e. The van der Waals surface area contributed by atoms with E-state index in [1.54, 1.807) is 30.5 Å². The van der Waals surface area contributed by atoms with Crippen LogP contribution in [0.2, 0.25) is 5.02 Å². The van der Waals surface area contributed by atoms with Gasteiger partial charge in [-0.3, -0.25) is 4.79 Å². The highest BCUT2D eigenvalue weighted by atomic mass is 35.5. The van der Waals surface area contributed by atoms with Crippen LogP contribution >= 0.6 is 11.6 Å². The van der Waals surface area contributed by atoms with E-state index in [0.29, 0.717) is 42.3 Å². The van der Waals surface area contributed by atoms with Crippen molar-refractivity contribution < 1.29 is 13.2 Å². The molecule has 3 aromatic rings. The molecule has 2 fully saturated rings. The fourth-order valence-electron chi connectivity index (χ4n) is 5.03. The summed E-state index contributed by atoms with van der Waals surface area (Å²) in [6.07, 6.45) is 6.50. The van der Waals surface area contributed by atoms with Crippen LogP contribution in [-0.4, -0.2) is 42.6 Å². The standard InChI is InChI=1S/C27H31ClN4O4S/c28-21-9-6-10-22(17-21)32-27(33)26(36-23-11-4-5-12-23)25(19-29-32)31-15-13-24(14-16-31)37(34,35)30-18-20-7-2-1-3-8-20/h1-3,6-10,17,19,23-24,30H,4-5,11-16,18H2. The fourth-order valence-corrected chi connectivity index (χ4v) is 6.65. The van der Waals surface area contributed by atoms with Gasteiger partial charge in [-0.05, 0) is 62.3 Å². The fraction of sp³-hybridized carbons (Fsp3) is 0.407. The lowest BCUT2D eigenvalue weighted by Crippen LogP contribution is -2.44. The van der Waals surface area contributed by atoms with E-state index >= 15 is 0 Å². The topological polar surface area (TPSA) is 93.5 Å². The molecule has 2 aromatic carbocycles. The third-order valence-corrected chi connectivity index (χ3v) is 9.23. The summed E-state index contributed by atoms with van der Waals surface area (Å²) in [6.45, 7) is 1.24. The quantitative estimate of drug-likeness (QED) is 0.456. The number of hydrogen-bond acceptors (Lipinski definition) is 6. The zero-order valence-corrected chi connectivity index (χ0v) is 22.1. The second-order valence-corrected chi connectivity index (χ2v) is 12.1. The molecule has 196 valence electrons. The van der Waals surface area contributed by atoms with Crippen molar-refractivity contribution >= 4 is 27.3 Å². The molecule has 8 nitrogen and oxygen atoms in total. The highest BCUT2D eigenvalue weighted by molar-refractivity contribution is 7.90. The van der Waals surface area contributed by atoms with Crippen LogP contribution < -0.4 is 19.9 Å². The van der Waals surface area contributed by atoms with Crippen molar-refractivity contribution in [1.29, 1.82) is 0 Å². The van der Waals surface area contributed by atoms with Gasteiger partial charge in [0.2, 0.25) is 15.8 Å². The summed E-state index contributed by atoms with van der Waals surface area (Å²) in [7, 11) is -3.47. The Kier molecular flexibility index (Phi) is 7.83. The van der Waals surface area contributed by atoms with Crippen molar-refractivity contribution in [2.45, 2.75) is 56.4 Å². The third-order valence-electron chi connectivity index (χ3n) is 7.10. The molecule has 37 heavy (non-hydrogen) atoms. The van der Waals surface area contributed by atoms with E-state index in [1.807, 2.05) is 35.2 Å². The van der Waals surface area contributed by atoms with Crippen LogP contribution in [0.25, 0.3) is 5.69 Å². The first kappa shape index (κ1) is 25.8. The molecule has 1 aliphatic heterocycles. The van der Waals surface area contributed by atoms with Crippen LogP contribution in [0.1, 0.15) is 44.1 Å². The first-order chi connectivity index (χ1) is 17.9. The number of piperidine rings is 1. The number of hydrogen-bond donors (Lipinski definition) is 1. The molecule has 1 N–H and O–H groups in total. The Morgan fingerprint density at radius 3 is 2.43 bits per heavy atom. The lowest BCUT2D eigenvalue weighted by atomic mass is 10.1. The molecule has 1 saturated heterocycles. The molecule has 10 heteroatoms. The molecule has 0 spiro atoms. The second kappa shape index (κ2) is 11.2. The minimum Gasteiger partial charge on any atom is -0.483 e. The summed E-state index contributed by atoms with van der Waals surface area (Å²) in [5, 5.41) is 4.44. The van der Waals surface area contributed by atoms with Crippen molar-refractivity contribution in [2.75, 3.05) is 18.0 Å². The monoisotopic (exact) mass is 542 g/mol. The van der Waals surface area contributed by atoms with Crippen molar-refractivity contribution in [1.82, 2.24) is 14.5 Å². The number of benzene rings is 2. The maximum absolute atomic E-state index is 13.6. The van der Waals surface area contributed by atoms with Crippen molar-refractivity contribution in [3.63, 3.8) is 0 Å². The summed E-state index contributed by atoms with van der Waals surface area (Å²) in [5.74, 6) is 0.269. The first-order valence-electron chi connectivity index (χ1n) is 12.7. The lowest BCUT2D eigenvalue weighted by molar-refractivity contribution is 0.206. The lowest BCUT2D eigenvalue weighted by Gasteiger charge is -2.34. The van der Waals surface area contributed by atoms with Crippen LogP contribution in [0.3, 0.4) is 0 Å². The van der Waals surface area contributed by atoms with Gasteiger partial charge in [0, 0.05) is 24.7 Å². The van der Waals surface area contributed by atoms with Gasteiger partial charge in [0.25, 0.3) is 0 Å². The molecule has 0 unspecified atom stereocenters. The summed E-state index contributed by atoms with van der Waals surface area (Å²) < 4.78 is 36.2. The van der Waals surface area contributed by atoms with E-state index in [-0.39, 0.29) is 24.0 Å². The first-order valence-corrected chi connectivity index (χ1v) is 14.7. The zero-order valence-electron chi connectivity index (χ0n) is 20.6. The van der Waals surface area contributed by atoms with E-state index < -0.39 is 15.3 Å². The van der Waals surface area contributed by atoms with Crippen molar-refractivity contribution in [3.05, 3.63) is 81.7 Å². The predicted octanol–water partition coefficient (Wildman–Crippen LogP) is 4.30. The molecule has 0 atom stereocenters. The Balaban J connectivity index is 1.34. The summed E-state index contributed by atoms with van der Waals surface area (Å²) in [6, 6.07) is 16.5. The molecule has 2 aliphatic rings. The van der Waals surface area contributed by atoms with Gasteiger partial charge in [-0.2, -0.15) is 9.78 Å². The number of aromatic nitrogens is 2. The normalized spacial score (nSPS) is 17.3. The van der Waals surface area contributed by atoms with E-state index in [2.05, 4.69) is 9.82 Å². The number of anilines is 1. The molecule has 1 aromatic heterocycles. The van der Waals surface area contributed by atoms with Gasteiger partial charge >= 0.3 is 5.56 Å². The van der Waals surface area contributed by atoms with E-state index in [9.17, 15) is 13.2 Å².